The molecule has 0 atom stereocenters. The number of hydrazine groups is 1. The van der Waals surface area contributed by atoms with Crippen LogP contribution < -0.4 is 16.6 Å². The second kappa shape index (κ2) is 5.53. The van der Waals surface area contributed by atoms with Gasteiger partial charge in [-0.25, -0.2) is 4.98 Å². The van der Waals surface area contributed by atoms with Crippen molar-refractivity contribution in [3.05, 3.63) is 47.2 Å². The highest BCUT2D eigenvalue weighted by Gasteiger charge is 2.12. The first kappa shape index (κ1) is 13.1. The number of nitrogens with two attached hydrogens (primary N) is 1. The van der Waals surface area contributed by atoms with Gasteiger partial charge in [0, 0.05) is 0 Å². The van der Waals surface area contributed by atoms with E-state index in [2.05, 4.69) is 15.7 Å². The molecule has 2 rings (SSSR count). The number of amides is 1. The fraction of sp³-hybridized carbons (Fsp3) is 0.231. The topological polar surface area (TPSA) is 93.2 Å². The molecular formula is C13H16N4O2. The SMILES string of the molecule is Cc1ccc(NN)c(C(=O)NCc2ncc(C)o2)c1. The van der Waals surface area contributed by atoms with E-state index in [1.807, 2.05) is 13.0 Å². The quantitative estimate of drug-likeness (QED) is 0.572. The lowest BCUT2D eigenvalue weighted by molar-refractivity contribution is 0.0948. The van der Waals surface area contributed by atoms with Gasteiger partial charge in [0.05, 0.1) is 24.0 Å². The monoisotopic (exact) mass is 260 g/mol. The van der Waals surface area contributed by atoms with Crippen LogP contribution in [0.5, 0.6) is 0 Å². The molecule has 0 spiro atoms. The van der Waals surface area contributed by atoms with Gasteiger partial charge in [-0.15, -0.1) is 0 Å². The first-order valence-corrected chi connectivity index (χ1v) is 5.87. The van der Waals surface area contributed by atoms with Crippen molar-refractivity contribution < 1.29 is 9.21 Å². The average molecular weight is 260 g/mol. The summed E-state index contributed by atoms with van der Waals surface area (Å²) in [5.41, 5.74) is 4.56. The molecule has 19 heavy (non-hydrogen) atoms. The summed E-state index contributed by atoms with van der Waals surface area (Å²) in [6.45, 7) is 3.95. The lowest BCUT2D eigenvalue weighted by Gasteiger charge is -2.09. The minimum atomic E-state index is -0.229. The van der Waals surface area contributed by atoms with Gasteiger partial charge in [0.2, 0.25) is 5.89 Å². The van der Waals surface area contributed by atoms with E-state index < -0.39 is 0 Å². The maximum Gasteiger partial charge on any atom is 0.253 e. The highest BCUT2D eigenvalue weighted by atomic mass is 16.4. The Bertz CT molecular complexity index is 592. The number of hydrogen-bond acceptors (Lipinski definition) is 5. The van der Waals surface area contributed by atoms with Crippen LogP contribution in [0.2, 0.25) is 0 Å². The van der Waals surface area contributed by atoms with Gasteiger partial charge in [0.25, 0.3) is 5.91 Å². The molecule has 6 heteroatoms. The number of nitrogens with zero attached hydrogens (tertiary/aromatic N) is 1. The summed E-state index contributed by atoms with van der Waals surface area (Å²) in [4.78, 5) is 16.1. The summed E-state index contributed by atoms with van der Waals surface area (Å²) in [5, 5.41) is 2.74. The minimum Gasteiger partial charge on any atom is -0.444 e. The van der Waals surface area contributed by atoms with Crippen LogP contribution in [-0.2, 0) is 6.54 Å². The van der Waals surface area contributed by atoms with Crippen LogP contribution in [0.4, 0.5) is 5.69 Å². The molecule has 1 amide bonds. The Labute approximate surface area is 111 Å². The summed E-state index contributed by atoms with van der Waals surface area (Å²) in [6.07, 6.45) is 1.61. The van der Waals surface area contributed by atoms with Crippen molar-refractivity contribution in [2.75, 3.05) is 5.43 Å². The second-order valence-corrected chi connectivity index (χ2v) is 4.24. The van der Waals surface area contributed by atoms with E-state index in [-0.39, 0.29) is 12.5 Å². The van der Waals surface area contributed by atoms with Crippen LogP contribution in [0.3, 0.4) is 0 Å². The van der Waals surface area contributed by atoms with Crippen molar-refractivity contribution in [3.8, 4) is 0 Å². The average Bonchev–Trinajstić information content (AvgIpc) is 2.81. The molecule has 0 aliphatic rings. The largest absolute Gasteiger partial charge is 0.444 e. The summed E-state index contributed by atoms with van der Waals surface area (Å²) in [5.74, 6) is 6.34. The van der Waals surface area contributed by atoms with E-state index in [1.165, 1.54) is 0 Å². The zero-order valence-corrected chi connectivity index (χ0v) is 10.9. The van der Waals surface area contributed by atoms with E-state index in [1.54, 1.807) is 25.3 Å². The van der Waals surface area contributed by atoms with Gasteiger partial charge in [-0.2, -0.15) is 0 Å². The van der Waals surface area contributed by atoms with E-state index in [0.29, 0.717) is 22.9 Å². The standard InChI is InChI=1S/C13H16N4O2/c1-8-3-4-11(17-14)10(5-8)13(18)16-7-12-15-6-9(2)19-12/h3-6,17H,7,14H2,1-2H3,(H,16,18). The number of benzene rings is 1. The predicted octanol–water partition coefficient (Wildman–Crippen LogP) is 1.51. The fourth-order valence-corrected chi connectivity index (χ4v) is 1.71. The van der Waals surface area contributed by atoms with Gasteiger partial charge in [-0.3, -0.25) is 10.6 Å². The molecule has 0 saturated heterocycles. The van der Waals surface area contributed by atoms with E-state index in [4.69, 9.17) is 10.3 Å². The highest BCUT2D eigenvalue weighted by Crippen LogP contribution is 2.16. The molecule has 0 unspecified atom stereocenters. The fourth-order valence-electron chi connectivity index (χ4n) is 1.71. The first-order chi connectivity index (χ1) is 9.10. The van der Waals surface area contributed by atoms with Crippen LogP contribution >= 0.6 is 0 Å². The normalized spacial score (nSPS) is 10.3. The van der Waals surface area contributed by atoms with E-state index in [9.17, 15) is 4.79 Å². The van der Waals surface area contributed by atoms with Crippen LogP contribution in [-0.4, -0.2) is 10.9 Å². The smallest absolute Gasteiger partial charge is 0.253 e. The van der Waals surface area contributed by atoms with Crippen molar-refractivity contribution in [1.29, 1.82) is 0 Å². The van der Waals surface area contributed by atoms with E-state index in [0.717, 1.165) is 5.56 Å². The molecule has 2 aromatic rings. The van der Waals surface area contributed by atoms with Gasteiger partial charge < -0.3 is 15.2 Å². The van der Waals surface area contributed by atoms with Crippen LogP contribution in [0.15, 0.2) is 28.8 Å². The zero-order valence-electron chi connectivity index (χ0n) is 10.9. The molecule has 1 aromatic heterocycles. The minimum absolute atomic E-state index is 0.229. The Morgan fingerprint density at radius 1 is 1.42 bits per heavy atom. The molecule has 6 nitrogen and oxygen atoms in total. The van der Waals surface area contributed by atoms with Crippen molar-refractivity contribution in [2.24, 2.45) is 5.84 Å². The Morgan fingerprint density at radius 3 is 2.84 bits per heavy atom. The van der Waals surface area contributed by atoms with Gasteiger partial charge >= 0.3 is 0 Å². The summed E-state index contributed by atoms with van der Waals surface area (Å²) in [6, 6.07) is 5.41. The van der Waals surface area contributed by atoms with Crippen molar-refractivity contribution in [3.63, 3.8) is 0 Å². The second-order valence-electron chi connectivity index (χ2n) is 4.24. The molecule has 1 heterocycles. The van der Waals surface area contributed by atoms with Crippen molar-refractivity contribution in [2.45, 2.75) is 20.4 Å². The van der Waals surface area contributed by atoms with Gasteiger partial charge in [0.15, 0.2) is 0 Å². The number of oxazole rings is 1. The summed E-state index contributed by atoms with van der Waals surface area (Å²) >= 11 is 0. The number of aromatic nitrogens is 1. The maximum atomic E-state index is 12.1. The molecule has 0 aliphatic carbocycles. The molecule has 0 bridgehead atoms. The molecule has 0 saturated carbocycles. The Hall–Kier alpha value is -2.34. The van der Waals surface area contributed by atoms with E-state index >= 15 is 0 Å². The molecule has 100 valence electrons. The van der Waals surface area contributed by atoms with Crippen LogP contribution in [0.25, 0.3) is 0 Å². The predicted molar refractivity (Wildman–Crippen MR) is 71.4 cm³/mol. The number of nitrogen functional groups attached to an aromatic ring is 1. The third-order valence-corrected chi connectivity index (χ3v) is 2.64. The number of anilines is 1. The molecule has 0 fully saturated rings. The first-order valence-electron chi connectivity index (χ1n) is 5.87. The van der Waals surface area contributed by atoms with Gasteiger partial charge in [0.1, 0.15) is 5.76 Å². The Kier molecular flexibility index (Phi) is 3.82. The van der Waals surface area contributed by atoms with Crippen molar-refractivity contribution in [1.82, 2.24) is 10.3 Å². The Balaban J connectivity index is 2.09. The van der Waals surface area contributed by atoms with Gasteiger partial charge in [-0.1, -0.05) is 11.6 Å². The summed E-state index contributed by atoms with van der Waals surface area (Å²) < 4.78 is 5.28. The lowest BCUT2D eigenvalue weighted by atomic mass is 10.1. The molecule has 0 aliphatic heterocycles. The van der Waals surface area contributed by atoms with Gasteiger partial charge in [-0.05, 0) is 26.0 Å². The number of rotatable bonds is 4. The lowest BCUT2D eigenvalue weighted by Crippen LogP contribution is -2.25. The maximum absolute atomic E-state index is 12.1. The molecule has 0 radical (unpaired) electrons. The molecule has 1 aromatic carbocycles. The third kappa shape index (κ3) is 3.11. The van der Waals surface area contributed by atoms with Crippen LogP contribution in [0.1, 0.15) is 27.6 Å². The summed E-state index contributed by atoms with van der Waals surface area (Å²) in [7, 11) is 0. The number of carbonyl (C=O) groups is 1. The number of hydrogen-bond donors (Lipinski definition) is 3. The third-order valence-electron chi connectivity index (χ3n) is 2.64. The molecular weight excluding hydrogens is 244 g/mol. The highest BCUT2D eigenvalue weighted by molar-refractivity contribution is 5.99. The van der Waals surface area contributed by atoms with Crippen molar-refractivity contribution >= 4 is 11.6 Å². The Morgan fingerprint density at radius 2 is 2.21 bits per heavy atom. The van der Waals surface area contributed by atoms with Crippen LogP contribution in [0, 0.1) is 13.8 Å². The number of nitrogens with one attached hydrogen (secondary N) is 2. The zero-order chi connectivity index (χ0) is 13.8. The number of carbonyl (C=O) groups excluding carboxylic acids is 1. The molecule has 4 N–H and O–H groups in total. The number of aryl methyl sites for hydroxylation is 2.